The predicted octanol–water partition coefficient (Wildman–Crippen LogP) is 3.79. The number of aliphatic carboxylic acids is 1. The van der Waals surface area contributed by atoms with Gasteiger partial charge in [-0.15, -0.1) is 0 Å². The Balaban J connectivity index is 2.00. The summed E-state index contributed by atoms with van der Waals surface area (Å²) < 4.78 is 59.4. The van der Waals surface area contributed by atoms with E-state index in [2.05, 4.69) is 0 Å². The van der Waals surface area contributed by atoms with Crippen LogP contribution in [0.3, 0.4) is 0 Å². The molecule has 0 saturated carbocycles. The number of hydrogen-bond acceptors (Lipinski definition) is 5. The number of carboxylic acid groups (broad SMARTS) is 1. The van der Waals surface area contributed by atoms with E-state index in [1.165, 1.54) is 43.4 Å². The van der Waals surface area contributed by atoms with E-state index in [9.17, 15) is 22.0 Å². The van der Waals surface area contributed by atoms with Crippen molar-refractivity contribution in [2.45, 2.75) is 11.4 Å². The van der Waals surface area contributed by atoms with E-state index >= 15 is 0 Å². The molecule has 3 aromatic rings. The van der Waals surface area contributed by atoms with Crippen LogP contribution in [0.4, 0.5) is 8.78 Å². The summed E-state index contributed by atoms with van der Waals surface area (Å²) >= 11 is 0. The smallest absolute Gasteiger partial charge is 0.341 e. The Morgan fingerprint density at radius 3 is 2.52 bits per heavy atom. The minimum absolute atomic E-state index is 0.0467. The lowest BCUT2D eigenvalue weighted by atomic mass is 10.00. The number of benzene rings is 3. The largest absolute Gasteiger partial charge is 0.481 e. The average Bonchev–Trinajstić information content (AvgIpc) is 2.77. The number of nitrogens with zero attached hydrogens (tertiary/aromatic N) is 2. The summed E-state index contributed by atoms with van der Waals surface area (Å²) in [5.74, 6) is -2.47. The van der Waals surface area contributed by atoms with Gasteiger partial charge in [0.1, 0.15) is 17.4 Å². The summed E-state index contributed by atoms with van der Waals surface area (Å²) in [6.07, 6.45) is 0. The first-order valence-electron chi connectivity index (χ1n) is 9.50. The summed E-state index contributed by atoms with van der Waals surface area (Å²) in [5.41, 5.74) is 1.05. The zero-order valence-electron chi connectivity index (χ0n) is 17.3. The molecule has 0 amide bonds. The van der Waals surface area contributed by atoms with Crippen LogP contribution in [0.5, 0.6) is 5.75 Å². The molecule has 0 bridgehead atoms. The fourth-order valence-corrected chi connectivity index (χ4v) is 4.32. The van der Waals surface area contributed by atoms with Crippen LogP contribution in [-0.4, -0.2) is 37.5 Å². The topological polar surface area (TPSA) is 108 Å². The van der Waals surface area contributed by atoms with Crippen molar-refractivity contribution >= 4 is 16.0 Å². The van der Waals surface area contributed by atoms with Crippen LogP contribution in [0, 0.1) is 23.0 Å². The normalized spacial score (nSPS) is 11.2. The molecule has 0 aliphatic heterocycles. The van der Waals surface area contributed by atoms with Crippen molar-refractivity contribution in [3.63, 3.8) is 0 Å². The van der Waals surface area contributed by atoms with Gasteiger partial charge in [-0.2, -0.15) is 9.57 Å². The number of nitriles is 1. The monoisotopic (exact) mass is 472 g/mol. The minimum Gasteiger partial charge on any atom is -0.481 e. The first-order valence-corrected chi connectivity index (χ1v) is 10.9. The van der Waals surface area contributed by atoms with Crippen LogP contribution in [-0.2, 0) is 21.4 Å². The highest BCUT2D eigenvalue weighted by atomic mass is 32.2. The standard InChI is InChI=1S/C23H18F2N2O5S/c1-27(33(30,31)20-4-2-3-18(24)11-20)13-15-5-6-22(32-14-23(28)29)21(9-15)17-7-16(12-26)8-19(25)10-17/h2-11H,13-14H2,1H3,(H,28,29). The van der Waals surface area contributed by atoms with Crippen molar-refractivity contribution in [2.75, 3.05) is 13.7 Å². The summed E-state index contributed by atoms with van der Waals surface area (Å²) in [6, 6.07) is 14.6. The van der Waals surface area contributed by atoms with E-state index in [4.69, 9.17) is 15.1 Å². The van der Waals surface area contributed by atoms with Gasteiger partial charge >= 0.3 is 5.97 Å². The fraction of sp³-hybridized carbons (Fsp3) is 0.130. The van der Waals surface area contributed by atoms with Gasteiger partial charge in [-0.1, -0.05) is 12.1 Å². The van der Waals surface area contributed by atoms with Gasteiger partial charge < -0.3 is 9.84 Å². The van der Waals surface area contributed by atoms with Crippen LogP contribution >= 0.6 is 0 Å². The molecule has 1 N–H and O–H groups in total. The third-order valence-electron chi connectivity index (χ3n) is 4.64. The van der Waals surface area contributed by atoms with E-state index in [0.717, 1.165) is 28.6 Å². The molecule has 10 heteroatoms. The highest BCUT2D eigenvalue weighted by molar-refractivity contribution is 7.89. The Labute approximate surface area is 189 Å². The van der Waals surface area contributed by atoms with Crippen LogP contribution < -0.4 is 4.74 Å². The van der Waals surface area contributed by atoms with Crippen molar-refractivity contribution in [1.29, 1.82) is 5.26 Å². The first kappa shape index (κ1) is 23.8. The fourth-order valence-electron chi connectivity index (χ4n) is 3.13. The van der Waals surface area contributed by atoms with Gasteiger partial charge in [-0.25, -0.2) is 22.0 Å². The SMILES string of the molecule is CN(Cc1ccc(OCC(=O)O)c(-c2cc(F)cc(C#N)c2)c1)S(=O)(=O)c1cccc(F)c1. The molecular formula is C23H18F2N2O5S. The van der Waals surface area contributed by atoms with Crippen molar-refractivity contribution in [2.24, 2.45) is 0 Å². The van der Waals surface area contributed by atoms with Crippen molar-refractivity contribution in [1.82, 2.24) is 4.31 Å². The second-order valence-corrected chi connectivity index (χ2v) is 9.12. The summed E-state index contributed by atoms with van der Waals surface area (Å²) in [5, 5.41) is 18.1. The lowest BCUT2D eigenvalue weighted by molar-refractivity contribution is -0.139. The molecule has 0 aliphatic rings. The lowest BCUT2D eigenvalue weighted by Gasteiger charge is -2.19. The summed E-state index contributed by atoms with van der Waals surface area (Å²) in [7, 11) is -2.68. The number of carboxylic acids is 1. The van der Waals surface area contributed by atoms with E-state index in [1.807, 2.05) is 6.07 Å². The minimum atomic E-state index is -4.00. The van der Waals surface area contributed by atoms with Gasteiger partial charge in [0.25, 0.3) is 0 Å². The number of sulfonamides is 1. The maximum absolute atomic E-state index is 14.0. The average molecular weight is 472 g/mol. The highest BCUT2D eigenvalue weighted by Crippen LogP contribution is 2.33. The zero-order chi connectivity index (χ0) is 24.2. The summed E-state index contributed by atoms with van der Waals surface area (Å²) in [6.45, 7) is -0.772. The molecule has 33 heavy (non-hydrogen) atoms. The maximum Gasteiger partial charge on any atom is 0.341 e. The molecule has 0 radical (unpaired) electrons. The van der Waals surface area contributed by atoms with Gasteiger partial charge in [0.15, 0.2) is 6.61 Å². The molecule has 0 aliphatic carbocycles. The third-order valence-corrected chi connectivity index (χ3v) is 6.44. The molecule has 0 unspecified atom stereocenters. The molecule has 0 spiro atoms. The number of ether oxygens (including phenoxy) is 1. The quantitative estimate of drug-likeness (QED) is 0.535. The van der Waals surface area contributed by atoms with E-state index in [1.54, 1.807) is 0 Å². The summed E-state index contributed by atoms with van der Waals surface area (Å²) in [4.78, 5) is 10.7. The van der Waals surface area contributed by atoms with Gasteiger partial charge in [0.05, 0.1) is 16.5 Å². The predicted molar refractivity (Wildman–Crippen MR) is 115 cm³/mol. The van der Waals surface area contributed by atoms with Gasteiger partial charge in [0, 0.05) is 19.2 Å². The molecule has 3 rings (SSSR count). The molecular weight excluding hydrogens is 454 g/mol. The van der Waals surface area contributed by atoms with Crippen LogP contribution in [0.25, 0.3) is 11.1 Å². The molecule has 170 valence electrons. The van der Waals surface area contributed by atoms with E-state index < -0.39 is 34.2 Å². The molecule has 7 nitrogen and oxygen atoms in total. The Hall–Kier alpha value is -3.81. The second-order valence-electron chi connectivity index (χ2n) is 7.07. The Bertz CT molecular complexity index is 1350. The Morgan fingerprint density at radius 1 is 1.09 bits per heavy atom. The van der Waals surface area contributed by atoms with Crippen LogP contribution in [0.2, 0.25) is 0 Å². The zero-order valence-corrected chi connectivity index (χ0v) is 18.1. The third kappa shape index (κ3) is 5.71. The second kappa shape index (κ2) is 9.77. The number of rotatable bonds is 8. The van der Waals surface area contributed by atoms with Gasteiger partial charge in [-0.05, 0) is 59.7 Å². The van der Waals surface area contributed by atoms with Gasteiger partial charge in [0.2, 0.25) is 10.0 Å². The van der Waals surface area contributed by atoms with Crippen molar-refractivity contribution < 1.29 is 31.8 Å². The molecule has 0 saturated heterocycles. The van der Waals surface area contributed by atoms with Gasteiger partial charge in [-0.3, -0.25) is 0 Å². The molecule has 0 aromatic heterocycles. The number of carbonyl (C=O) groups is 1. The maximum atomic E-state index is 14.0. The van der Waals surface area contributed by atoms with Crippen LogP contribution in [0.15, 0.2) is 65.6 Å². The number of hydrogen-bond donors (Lipinski definition) is 1. The van der Waals surface area contributed by atoms with Crippen molar-refractivity contribution in [3.8, 4) is 22.9 Å². The highest BCUT2D eigenvalue weighted by Gasteiger charge is 2.22. The first-order chi connectivity index (χ1) is 15.6. The number of halogens is 2. The lowest BCUT2D eigenvalue weighted by Crippen LogP contribution is -2.26. The molecule has 3 aromatic carbocycles. The Morgan fingerprint density at radius 2 is 1.85 bits per heavy atom. The van der Waals surface area contributed by atoms with E-state index in [-0.39, 0.29) is 33.9 Å². The molecule has 0 heterocycles. The van der Waals surface area contributed by atoms with Crippen molar-refractivity contribution in [3.05, 3.63) is 83.4 Å². The molecule has 0 fully saturated rings. The van der Waals surface area contributed by atoms with Crippen LogP contribution in [0.1, 0.15) is 11.1 Å². The van der Waals surface area contributed by atoms with E-state index in [0.29, 0.717) is 5.56 Å². The Kier molecular flexibility index (Phi) is 7.06. The molecule has 0 atom stereocenters.